The van der Waals surface area contributed by atoms with Crippen molar-refractivity contribution in [3.63, 3.8) is 0 Å². The molecule has 1 aromatic heterocycles. The van der Waals surface area contributed by atoms with Crippen LogP contribution < -0.4 is 11.1 Å². The Morgan fingerprint density at radius 2 is 1.85 bits per heavy atom. The Morgan fingerprint density at radius 3 is 2.40 bits per heavy atom. The van der Waals surface area contributed by atoms with E-state index in [1.54, 1.807) is 0 Å². The van der Waals surface area contributed by atoms with Crippen LogP contribution in [0.4, 0.5) is 18.3 Å². The number of aromatic nitrogens is 2. The summed E-state index contributed by atoms with van der Waals surface area (Å²) in [6.07, 6.45) is -0.868. The number of halogens is 4. The van der Waals surface area contributed by atoms with Crippen molar-refractivity contribution in [2.24, 2.45) is 5.73 Å². The molecule has 0 bridgehead atoms. The van der Waals surface area contributed by atoms with Crippen LogP contribution in [0.15, 0.2) is 0 Å². The summed E-state index contributed by atoms with van der Waals surface area (Å²) in [5.74, 6) is -0.349. The van der Waals surface area contributed by atoms with Gasteiger partial charge >= 0.3 is 6.18 Å². The van der Waals surface area contributed by atoms with Crippen molar-refractivity contribution in [1.82, 2.24) is 10.2 Å². The van der Waals surface area contributed by atoms with Crippen molar-refractivity contribution in [3.8, 4) is 0 Å². The third-order valence-corrected chi connectivity index (χ3v) is 3.16. The Bertz CT molecular complexity index is 413. The highest BCUT2D eigenvalue weighted by Gasteiger charge is 2.35. The van der Waals surface area contributed by atoms with Gasteiger partial charge in [-0.2, -0.15) is 13.2 Å². The second-order valence-corrected chi connectivity index (χ2v) is 4.89. The van der Waals surface area contributed by atoms with Crippen LogP contribution in [0, 0.1) is 0 Å². The molecule has 0 spiro atoms. The van der Waals surface area contributed by atoms with Crippen LogP contribution >= 0.6 is 23.7 Å². The van der Waals surface area contributed by atoms with Gasteiger partial charge in [-0.15, -0.1) is 22.6 Å². The van der Waals surface area contributed by atoms with E-state index in [-0.39, 0.29) is 29.9 Å². The number of alkyl halides is 3. The average Bonchev–Trinajstić information content (AvgIpc) is 2.77. The molecule has 3 N–H and O–H groups in total. The zero-order chi connectivity index (χ0) is 14.3. The van der Waals surface area contributed by atoms with Crippen LogP contribution in [0.5, 0.6) is 0 Å². The minimum absolute atomic E-state index is 0. The Kier molecular flexibility index (Phi) is 8.67. The summed E-state index contributed by atoms with van der Waals surface area (Å²) in [6.45, 7) is 0.622. The number of rotatable bonds is 7. The van der Waals surface area contributed by atoms with Crippen LogP contribution in [0.2, 0.25) is 0 Å². The molecule has 10 heteroatoms. The van der Waals surface area contributed by atoms with Crippen molar-refractivity contribution in [1.29, 1.82) is 0 Å². The van der Waals surface area contributed by atoms with Crippen molar-refractivity contribution < 1.29 is 18.0 Å². The van der Waals surface area contributed by atoms with Gasteiger partial charge in [-0.1, -0.05) is 24.2 Å². The van der Waals surface area contributed by atoms with E-state index in [2.05, 4.69) is 15.5 Å². The Morgan fingerprint density at radius 1 is 1.20 bits per heavy atom. The fraction of sp³-hybridized carbons (Fsp3) is 0.700. The van der Waals surface area contributed by atoms with E-state index >= 15 is 0 Å². The van der Waals surface area contributed by atoms with E-state index in [9.17, 15) is 18.0 Å². The number of hydrogen-bond donors (Lipinski definition) is 2. The highest BCUT2D eigenvalue weighted by atomic mass is 35.5. The summed E-state index contributed by atoms with van der Waals surface area (Å²) in [4.78, 5) is 11.4. The van der Waals surface area contributed by atoms with Gasteiger partial charge in [0.2, 0.25) is 16.0 Å². The van der Waals surface area contributed by atoms with E-state index in [0.717, 1.165) is 19.3 Å². The summed E-state index contributed by atoms with van der Waals surface area (Å²) in [5.41, 5.74) is 5.33. The Labute approximate surface area is 124 Å². The molecule has 0 aliphatic heterocycles. The van der Waals surface area contributed by atoms with E-state index in [1.165, 1.54) is 0 Å². The zero-order valence-corrected chi connectivity index (χ0v) is 12.2. The lowest BCUT2D eigenvalue weighted by atomic mass is 10.1. The first-order chi connectivity index (χ1) is 8.93. The monoisotopic (exact) mass is 332 g/mol. The number of hydrogen-bond acceptors (Lipinski definition) is 5. The minimum Gasteiger partial charge on any atom is -0.330 e. The van der Waals surface area contributed by atoms with Crippen LogP contribution in [0.25, 0.3) is 0 Å². The third kappa shape index (κ3) is 7.01. The van der Waals surface area contributed by atoms with E-state index in [1.807, 2.05) is 0 Å². The molecule has 5 nitrogen and oxygen atoms in total. The van der Waals surface area contributed by atoms with Crippen molar-refractivity contribution in [2.75, 3.05) is 11.9 Å². The van der Waals surface area contributed by atoms with E-state index < -0.39 is 11.2 Å². The smallest absolute Gasteiger partial charge is 0.330 e. The predicted molar refractivity (Wildman–Crippen MR) is 72.9 cm³/mol. The predicted octanol–water partition coefficient (Wildman–Crippen LogP) is 2.83. The first-order valence-electron chi connectivity index (χ1n) is 5.84. The molecule has 1 heterocycles. The molecule has 0 atom stereocenters. The van der Waals surface area contributed by atoms with E-state index in [0.29, 0.717) is 24.3 Å². The van der Waals surface area contributed by atoms with Gasteiger partial charge in [-0.05, 0) is 19.4 Å². The number of carbonyl (C=O) groups is 1. The normalized spacial score (nSPS) is 11.0. The number of nitrogens with zero attached hydrogens (tertiary/aromatic N) is 2. The van der Waals surface area contributed by atoms with Crippen molar-refractivity contribution >= 4 is 34.8 Å². The number of anilines is 1. The maximum atomic E-state index is 12.2. The van der Waals surface area contributed by atoms with Gasteiger partial charge in [0, 0.05) is 6.42 Å². The maximum absolute atomic E-state index is 12.2. The summed E-state index contributed by atoms with van der Waals surface area (Å²) in [6, 6.07) is 0. The van der Waals surface area contributed by atoms with Crippen LogP contribution in [-0.2, 0) is 11.0 Å². The first kappa shape index (κ1) is 19.1. The fourth-order valence-corrected chi connectivity index (χ4v) is 1.98. The number of unbranched alkanes of at least 4 members (excludes halogenated alkanes) is 3. The molecule has 1 amide bonds. The number of nitrogens with one attached hydrogen (secondary N) is 1. The highest BCUT2D eigenvalue weighted by Crippen LogP contribution is 2.32. The van der Waals surface area contributed by atoms with Gasteiger partial charge in [0.25, 0.3) is 0 Å². The molecule has 1 aromatic rings. The lowest BCUT2D eigenvalue weighted by molar-refractivity contribution is -0.138. The molecule has 116 valence electrons. The molecule has 0 fully saturated rings. The van der Waals surface area contributed by atoms with Crippen molar-refractivity contribution in [3.05, 3.63) is 5.01 Å². The molecule has 0 aliphatic carbocycles. The summed E-state index contributed by atoms with van der Waals surface area (Å²) in [7, 11) is 0. The molecular weight excluding hydrogens is 317 g/mol. The number of amides is 1. The van der Waals surface area contributed by atoms with Gasteiger partial charge in [0.1, 0.15) is 0 Å². The molecule has 20 heavy (non-hydrogen) atoms. The fourth-order valence-electron chi connectivity index (χ4n) is 1.35. The molecule has 0 saturated carbocycles. The molecule has 1 rings (SSSR count). The number of nitrogens with two attached hydrogens (primary N) is 1. The van der Waals surface area contributed by atoms with Crippen LogP contribution in [0.3, 0.4) is 0 Å². The summed E-state index contributed by atoms with van der Waals surface area (Å²) in [5, 5.41) is 7.37. The Balaban J connectivity index is 0.00000361. The molecule has 0 radical (unpaired) electrons. The maximum Gasteiger partial charge on any atom is 0.445 e. The largest absolute Gasteiger partial charge is 0.445 e. The van der Waals surface area contributed by atoms with Gasteiger partial charge < -0.3 is 11.1 Å². The van der Waals surface area contributed by atoms with Gasteiger partial charge in [-0.25, -0.2) is 0 Å². The van der Waals surface area contributed by atoms with Gasteiger partial charge in [0.15, 0.2) is 0 Å². The topological polar surface area (TPSA) is 80.9 Å². The molecular formula is C10H16ClF3N4OS. The third-order valence-electron chi connectivity index (χ3n) is 2.27. The van der Waals surface area contributed by atoms with Crippen LogP contribution in [0.1, 0.15) is 37.1 Å². The van der Waals surface area contributed by atoms with Gasteiger partial charge in [0.05, 0.1) is 0 Å². The number of carbonyl (C=O) groups excluding carboxylic acids is 1. The minimum atomic E-state index is -4.52. The van der Waals surface area contributed by atoms with Crippen LogP contribution in [-0.4, -0.2) is 22.6 Å². The second kappa shape index (κ2) is 9.09. The molecule has 0 aliphatic rings. The van der Waals surface area contributed by atoms with E-state index in [4.69, 9.17) is 5.73 Å². The summed E-state index contributed by atoms with van der Waals surface area (Å²) >= 11 is 0.320. The van der Waals surface area contributed by atoms with Crippen molar-refractivity contribution in [2.45, 2.75) is 38.3 Å². The average molecular weight is 333 g/mol. The first-order valence-corrected chi connectivity index (χ1v) is 6.65. The molecule has 0 aromatic carbocycles. The quantitative estimate of drug-likeness (QED) is 0.752. The molecule has 0 saturated heterocycles. The lowest BCUT2D eigenvalue weighted by Gasteiger charge is -2.01. The lowest BCUT2D eigenvalue weighted by Crippen LogP contribution is -2.10. The highest BCUT2D eigenvalue weighted by molar-refractivity contribution is 7.15. The standard InChI is InChI=1S/C10H15F3N4OS.ClH/c11-10(12,13)8-16-17-9(19-8)15-7(18)5-3-1-2-4-6-14;/h1-6,14H2,(H,15,17,18);1H. The summed E-state index contributed by atoms with van der Waals surface area (Å²) < 4.78 is 36.7. The van der Waals surface area contributed by atoms with Gasteiger partial charge in [-0.3, -0.25) is 4.79 Å². The SMILES string of the molecule is Cl.NCCCCCCC(=O)Nc1nnc(C(F)(F)F)s1. The second-order valence-electron chi connectivity index (χ2n) is 3.91. The zero-order valence-electron chi connectivity index (χ0n) is 10.6. The molecule has 0 unspecified atom stereocenters. The Hall–Kier alpha value is -0.930.